The van der Waals surface area contributed by atoms with Crippen LogP contribution >= 0.6 is 0 Å². The summed E-state index contributed by atoms with van der Waals surface area (Å²) in [6.45, 7) is 4.20. The lowest BCUT2D eigenvalue weighted by Gasteiger charge is -2.24. The molecule has 2 amide bonds. The summed E-state index contributed by atoms with van der Waals surface area (Å²) in [4.78, 5) is 15.3. The molecular weight excluding hydrogens is 323 g/mol. The van der Waals surface area contributed by atoms with Gasteiger partial charge in [0.25, 0.3) is 0 Å². The molecule has 1 aromatic heterocycles. The number of nitrogens with one attached hydrogen (secondary N) is 1. The van der Waals surface area contributed by atoms with Crippen LogP contribution in [0, 0.1) is 6.92 Å². The van der Waals surface area contributed by atoms with Gasteiger partial charge in [0, 0.05) is 44.5 Å². The molecule has 0 aromatic carbocycles. The monoisotopic (exact) mass is 347 g/mol. The molecule has 1 atom stereocenters. The maximum atomic E-state index is 12.5. The highest BCUT2D eigenvalue weighted by Gasteiger charge is 2.32. The van der Waals surface area contributed by atoms with E-state index in [1.165, 1.54) is 4.90 Å². The molecule has 1 fully saturated rings. The van der Waals surface area contributed by atoms with E-state index in [-0.39, 0.29) is 18.6 Å². The molecule has 1 unspecified atom stereocenters. The van der Waals surface area contributed by atoms with Gasteiger partial charge in [-0.25, -0.2) is 4.79 Å². The maximum Gasteiger partial charge on any atom is 0.401 e. The second kappa shape index (κ2) is 7.42. The minimum absolute atomic E-state index is 0.208. The molecule has 136 valence electrons. The fourth-order valence-corrected chi connectivity index (χ4v) is 2.88. The number of hydrogen-bond donors (Lipinski definition) is 1. The normalized spacial score (nSPS) is 18.3. The van der Waals surface area contributed by atoms with Gasteiger partial charge in [-0.05, 0) is 20.3 Å². The smallest absolute Gasteiger partial charge is 0.331 e. The van der Waals surface area contributed by atoms with E-state index < -0.39 is 12.7 Å². The van der Waals surface area contributed by atoms with Crippen LogP contribution in [-0.4, -0.2) is 64.5 Å². The van der Waals surface area contributed by atoms with Crippen LogP contribution in [-0.2, 0) is 7.05 Å². The Hall–Kier alpha value is -1.77. The molecule has 0 spiro atoms. The standard InChI is InChI=1S/C15H24F3N5O/c1-11(13-9-19-21(3)12(13)2)20-14(24)23-6-4-5-22(7-8-23)10-15(16,17)18/h9,11H,4-8,10H2,1-3H3,(H,20,24). The van der Waals surface area contributed by atoms with E-state index in [9.17, 15) is 18.0 Å². The van der Waals surface area contributed by atoms with Gasteiger partial charge in [-0.1, -0.05) is 0 Å². The second-order valence-corrected chi connectivity index (χ2v) is 6.21. The Kier molecular flexibility index (Phi) is 5.74. The van der Waals surface area contributed by atoms with Crippen molar-refractivity contribution in [1.29, 1.82) is 0 Å². The van der Waals surface area contributed by atoms with Crippen molar-refractivity contribution in [1.82, 2.24) is 24.9 Å². The minimum atomic E-state index is -4.20. The Labute approximate surface area is 139 Å². The van der Waals surface area contributed by atoms with Crippen LogP contribution in [0.4, 0.5) is 18.0 Å². The molecule has 0 aliphatic carbocycles. The summed E-state index contributed by atoms with van der Waals surface area (Å²) in [5.74, 6) is 0. The maximum absolute atomic E-state index is 12.5. The number of halogens is 3. The molecule has 0 bridgehead atoms. The molecule has 1 N–H and O–H groups in total. The molecule has 6 nitrogen and oxygen atoms in total. The topological polar surface area (TPSA) is 53.4 Å². The number of nitrogens with zero attached hydrogens (tertiary/aromatic N) is 4. The van der Waals surface area contributed by atoms with E-state index in [0.29, 0.717) is 26.1 Å². The van der Waals surface area contributed by atoms with Crippen molar-refractivity contribution >= 4 is 6.03 Å². The number of urea groups is 1. The number of carbonyl (C=O) groups excluding carboxylic acids is 1. The number of carbonyl (C=O) groups is 1. The number of aryl methyl sites for hydroxylation is 1. The average Bonchev–Trinajstić information content (AvgIpc) is 2.68. The van der Waals surface area contributed by atoms with Crippen LogP contribution in [0.2, 0.25) is 0 Å². The van der Waals surface area contributed by atoms with Gasteiger partial charge < -0.3 is 10.2 Å². The SMILES string of the molecule is Cc1c(C(C)NC(=O)N2CCCN(CC(F)(F)F)CC2)cnn1C. The quantitative estimate of drug-likeness (QED) is 0.911. The number of aromatic nitrogens is 2. The molecular formula is C15H24F3N5O. The van der Waals surface area contributed by atoms with Crippen molar-refractivity contribution in [2.24, 2.45) is 7.05 Å². The molecule has 0 saturated carbocycles. The highest BCUT2D eigenvalue weighted by Crippen LogP contribution is 2.19. The van der Waals surface area contributed by atoms with E-state index >= 15 is 0 Å². The van der Waals surface area contributed by atoms with Crippen LogP contribution < -0.4 is 5.32 Å². The molecule has 1 aliphatic heterocycles. The van der Waals surface area contributed by atoms with Crippen molar-refractivity contribution in [3.63, 3.8) is 0 Å². The zero-order valence-corrected chi connectivity index (χ0v) is 14.2. The Morgan fingerprint density at radius 2 is 2.04 bits per heavy atom. The lowest BCUT2D eigenvalue weighted by Crippen LogP contribution is -2.43. The van der Waals surface area contributed by atoms with Crippen molar-refractivity contribution < 1.29 is 18.0 Å². The second-order valence-electron chi connectivity index (χ2n) is 6.21. The first-order valence-corrected chi connectivity index (χ1v) is 8.00. The Morgan fingerprint density at radius 1 is 1.33 bits per heavy atom. The van der Waals surface area contributed by atoms with Crippen molar-refractivity contribution in [2.45, 2.75) is 32.5 Å². The van der Waals surface area contributed by atoms with Crippen LogP contribution in [0.3, 0.4) is 0 Å². The van der Waals surface area contributed by atoms with E-state index in [0.717, 1.165) is 11.3 Å². The predicted molar refractivity (Wildman–Crippen MR) is 83.6 cm³/mol. The fourth-order valence-electron chi connectivity index (χ4n) is 2.88. The third-order valence-corrected chi connectivity index (χ3v) is 4.36. The van der Waals surface area contributed by atoms with Gasteiger partial charge in [0.05, 0.1) is 18.8 Å². The zero-order chi connectivity index (χ0) is 17.9. The Bertz CT molecular complexity index is 572. The molecule has 24 heavy (non-hydrogen) atoms. The molecule has 1 aliphatic rings. The van der Waals surface area contributed by atoms with Gasteiger partial charge in [-0.15, -0.1) is 0 Å². The van der Waals surface area contributed by atoms with Crippen molar-refractivity contribution in [3.05, 3.63) is 17.5 Å². The first-order valence-electron chi connectivity index (χ1n) is 8.00. The van der Waals surface area contributed by atoms with E-state index in [2.05, 4.69) is 10.4 Å². The number of alkyl halides is 3. The lowest BCUT2D eigenvalue weighted by atomic mass is 10.1. The van der Waals surface area contributed by atoms with E-state index in [1.807, 2.05) is 20.9 Å². The van der Waals surface area contributed by atoms with E-state index in [4.69, 9.17) is 0 Å². The summed E-state index contributed by atoms with van der Waals surface area (Å²) in [5, 5.41) is 7.06. The van der Waals surface area contributed by atoms with Gasteiger partial charge in [0.1, 0.15) is 0 Å². The summed E-state index contributed by atoms with van der Waals surface area (Å²) >= 11 is 0. The number of amides is 2. The van der Waals surface area contributed by atoms with Crippen LogP contribution in [0.25, 0.3) is 0 Å². The fraction of sp³-hybridized carbons (Fsp3) is 0.733. The van der Waals surface area contributed by atoms with Crippen LogP contribution in [0.5, 0.6) is 0 Å². The molecule has 2 heterocycles. The highest BCUT2D eigenvalue weighted by atomic mass is 19.4. The molecule has 2 rings (SSSR count). The van der Waals surface area contributed by atoms with Crippen molar-refractivity contribution in [2.75, 3.05) is 32.7 Å². The molecule has 1 aromatic rings. The lowest BCUT2D eigenvalue weighted by molar-refractivity contribution is -0.145. The summed E-state index contributed by atoms with van der Waals surface area (Å²) in [5.41, 5.74) is 1.90. The largest absolute Gasteiger partial charge is 0.401 e. The summed E-state index contributed by atoms with van der Waals surface area (Å²) < 4.78 is 39.2. The van der Waals surface area contributed by atoms with Gasteiger partial charge in [-0.3, -0.25) is 9.58 Å². The summed E-state index contributed by atoms with van der Waals surface area (Å²) in [6, 6.07) is -0.458. The third kappa shape index (κ3) is 4.86. The first kappa shape index (κ1) is 18.6. The molecule has 0 radical (unpaired) electrons. The Morgan fingerprint density at radius 3 is 2.62 bits per heavy atom. The Balaban J connectivity index is 1.90. The van der Waals surface area contributed by atoms with Crippen molar-refractivity contribution in [3.8, 4) is 0 Å². The summed E-state index contributed by atoms with van der Waals surface area (Å²) in [7, 11) is 1.83. The van der Waals surface area contributed by atoms with Gasteiger partial charge in [-0.2, -0.15) is 18.3 Å². The zero-order valence-electron chi connectivity index (χ0n) is 14.2. The summed E-state index contributed by atoms with van der Waals surface area (Å²) in [6.07, 6.45) is -1.96. The minimum Gasteiger partial charge on any atom is -0.331 e. The van der Waals surface area contributed by atoms with E-state index in [1.54, 1.807) is 15.8 Å². The van der Waals surface area contributed by atoms with Crippen LogP contribution in [0.15, 0.2) is 6.20 Å². The number of hydrogen-bond acceptors (Lipinski definition) is 3. The molecule has 1 saturated heterocycles. The van der Waals surface area contributed by atoms with Gasteiger partial charge in [0.2, 0.25) is 0 Å². The first-order chi connectivity index (χ1) is 11.2. The van der Waals surface area contributed by atoms with Crippen LogP contribution in [0.1, 0.15) is 30.6 Å². The van der Waals surface area contributed by atoms with Gasteiger partial charge in [0.15, 0.2) is 0 Å². The predicted octanol–water partition coefficient (Wildman–Crippen LogP) is 2.07. The molecule has 9 heteroatoms. The van der Waals surface area contributed by atoms with Gasteiger partial charge >= 0.3 is 12.2 Å². The third-order valence-electron chi connectivity index (χ3n) is 4.36. The average molecular weight is 347 g/mol. The highest BCUT2D eigenvalue weighted by molar-refractivity contribution is 5.74. The number of rotatable bonds is 3.